The average molecular weight is 584 g/mol. The monoisotopic (exact) mass is 583 g/mol. The fraction of sp³-hybridized carbons (Fsp3) is 0.265. The summed E-state index contributed by atoms with van der Waals surface area (Å²) >= 11 is 0. The second-order valence-electron chi connectivity index (χ2n) is 11.6. The van der Waals surface area contributed by atoms with E-state index < -0.39 is 11.7 Å². The molecule has 3 heterocycles. The highest BCUT2D eigenvalue weighted by Gasteiger charge is 2.34. The van der Waals surface area contributed by atoms with E-state index in [2.05, 4.69) is 48.2 Å². The lowest BCUT2D eigenvalue weighted by Crippen LogP contribution is -2.39. The molecule has 220 valence electrons. The number of benzene rings is 3. The summed E-state index contributed by atoms with van der Waals surface area (Å²) in [5.74, 6) is 0.967. The van der Waals surface area contributed by atoms with E-state index in [1.165, 1.54) is 23.4 Å². The van der Waals surface area contributed by atoms with Gasteiger partial charge >= 0.3 is 6.18 Å². The Balaban J connectivity index is 1.39. The van der Waals surface area contributed by atoms with Gasteiger partial charge in [0.25, 0.3) is 0 Å². The minimum absolute atomic E-state index is 0.0306. The molecule has 0 bridgehead atoms. The van der Waals surface area contributed by atoms with Crippen molar-refractivity contribution in [3.05, 3.63) is 113 Å². The van der Waals surface area contributed by atoms with Crippen molar-refractivity contribution in [2.75, 3.05) is 18.9 Å². The zero-order valence-corrected chi connectivity index (χ0v) is 24.2. The standard InChI is InChI=1S/C34H32F3N5O/c1-33(2)21-42(3)18-24-16-25(12-14-27(24)33)39-32-26-13-11-23(31-28(34(35,36)37)10-7-15-38-31)17-29(26)40-30(41-32)20-43-19-22-8-5-4-6-9-22/h4-17H,18-21H2,1-3H3,(H,39,40,41). The first-order valence-electron chi connectivity index (χ1n) is 14.1. The van der Waals surface area contributed by atoms with Crippen LogP contribution < -0.4 is 5.32 Å². The van der Waals surface area contributed by atoms with Crippen molar-refractivity contribution in [2.45, 2.75) is 45.2 Å². The number of hydrogen-bond acceptors (Lipinski definition) is 6. The molecule has 0 spiro atoms. The van der Waals surface area contributed by atoms with Gasteiger partial charge in [-0.05, 0) is 60.1 Å². The molecule has 0 unspecified atom stereocenters. The number of alkyl halides is 3. The molecule has 5 aromatic rings. The lowest BCUT2D eigenvalue weighted by atomic mass is 9.78. The maximum atomic E-state index is 13.8. The lowest BCUT2D eigenvalue weighted by Gasteiger charge is -2.38. The number of pyridine rings is 1. The Labute approximate surface area is 248 Å². The van der Waals surface area contributed by atoms with E-state index in [0.29, 0.717) is 34.7 Å². The summed E-state index contributed by atoms with van der Waals surface area (Å²) in [5.41, 5.74) is 4.34. The van der Waals surface area contributed by atoms with Crippen molar-refractivity contribution >= 4 is 22.4 Å². The van der Waals surface area contributed by atoms with Crippen LogP contribution in [0.15, 0.2) is 85.1 Å². The molecule has 0 aliphatic carbocycles. The van der Waals surface area contributed by atoms with Gasteiger partial charge in [0, 0.05) is 41.3 Å². The second kappa shape index (κ2) is 11.4. The van der Waals surface area contributed by atoms with Crippen molar-refractivity contribution in [3.8, 4) is 11.3 Å². The van der Waals surface area contributed by atoms with Gasteiger partial charge in [-0.3, -0.25) is 4.98 Å². The topological polar surface area (TPSA) is 63.2 Å². The van der Waals surface area contributed by atoms with Gasteiger partial charge in [-0.1, -0.05) is 56.3 Å². The highest BCUT2D eigenvalue weighted by atomic mass is 19.4. The third-order valence-electron chi connectivity index (χ3n) is 7.68. The predicted molar refractivity (Wildman–Crippen MR) is 162 cm³/mol. The van der Waals surface area contributed by atoms with E-state index in [1.807, 2.05) is 36.4 Å². The van der Waals surface area contributed by atoms with Crippen molar-refractivity contribution in [1.29, 1.82) is 0 Å². The van der Waals surface area contributed by atoms with Gasteiger partial charge in [0.15, 0.2) is 5.82 Å². The van der Waals surface area contributed by atoms with E-state index in [1.54, 1.807) is 18.2 Å². The minimum Gasteiger partial charge on any atom is -0.369 e. The van der Waals surface area contributed by atoms with Crippen LogP contribution in [0, 0.1) is 0 Å². The Hall–Kier alpha value is -4.34. The summed E-state index contributed by atoms with van der Waals surface area (Å²) in [6.45, 7) is 6.82. The van der Waals surface area contributed by atoms with Crippen molar-refractivity contribution in [2.24, 2.45) is 0 Å². The van der Waals surface area contributed by atoms with Crippen molar-refractivity contribution in [1.82, 2.24) is 19.9 Å². The fourth-order valence-corrected chi connectivity index (χ4v) is 5.89. The molecule has 1 aliphatic rings. The Morgan fingerprint density at radius 3 is 2.53 bits per heavy atom. The zero-order valence-electron chi connectivity index (χ0n) is 24.2. The molecule has 1 aliphatic heterocycles. The molecule has 0 saturated carbocycles. The molecule has 0 saturated heterocycles. The number of likely N-dealkylation sites (N-methyl/N-ethyl adjacent to an activating group) is 1. The van der Waals surface area contributed by atoms with E-state index in [0.717, 1.165) is 30.4 Å². The number of nitrogens with zero attached hydrogens (tertiary/aromatic N) is 4. The van der Waals surface area contributed by atoms with Crippen LogP contribution in [-0.4, -0.2) is 33.4 Å². The Kier molecular flexibility index (Phi) is 7.62. The van der Waals surface area contributed by atoms with E-state index >= 15 is 0 Å². The number of ether oxygens (including phenoxy) is 1. The molecule has 3 aromatic carbocycles. The van der Waals surface area contributed by atoms with E-state index in [9.17, 15) is 13.2 Å². The molecule has 0 atom stereocenters. The molecule has 0 radical (unpaired) electrons. The first-order valence-corrected chi connectivity index (χ1v) is 14.1. The van der Waals surface area contributed by atoms with Gasteiger partial charge in [0.1, 0.15) is 12.4 Å². The highest BCUT2D eigenvalue weighted by Crippen LogP contribution is 2.38. The first kappa shape index (κ1) is 28.8. The number of rotatable bonds is 7. The molecule has 2 aromatic heterocycles. The smallest absolute Gasteiger partial charge is 0.369 e. The molecular weight excluding hydrogens is 551 g/mol. The fourth-order valence-electron chi connectivity index (χ4n) is 5.89. The van der Waals surface area contributed by atoms with Crippen molar-refractivity contribution < 1.29 is 17.9 Å². The van der Waals surface area contributed by atoms with Crippen LogP contribution >= 0.6 is 0 Å². The van der Waals surface area contributed by atoms with Gasteiger partial charge in [-0.15, -0.1) is 0 Å². The largest absolute Gasteiger partial charge is 0.418 e. The quantitative estimate of drug-likeness (QED) is 0.210. The van der Waals surface area contributed by atoms with Crippen LogP contribution in [0.3, 0.4) is 0 Å². The number of fused-ring (bicyclic) bond motifs is 2. The molecular formula is C34H32F3N5O. The van der Waals surface area contributed by atoms with Crippen LogP contribution in [-0.2, 0) is 36.1 Å². The maximum Gasteiger partial charge on any atom is 0.418 e. The number of nitrogens with one attached hydrogen (secondary N) is 1. The molecule has 6 rings (SSSR count). The Morgan fingerprint density at radius 1 is 0.930 bits per heavy atom. The number of hydrogen-bond donors (Lipinski definition) is 1. The van der Waals surface area contributed by atoms with Crippen LogP contribution in [0.2, 0.25) is 0 Å². The van der Waals surface area contributed by atoms with Gasteiger partial charge in [-0.2, -0.15) is 13.2 Å². The minimum atomic E-state index is -4.54. The van der Waals surface area contributed by atoms with Gasteiger partial charge in [0.2, 0.25) is 0 Å². The lowest BCUT2D eigenvalue weighted by molar-refractivity contribution is -0.137. The second-order valence-corrected chi connectivity index (χ2v) is 11.6. The third kappa shape index (κ3) is 6.23. The average Bonchev–Trinajstić information content (AvgIpc) is 2.96. The van der Waals surface area contributed by atoms with Crippen LogP contribution in [0.4, 0.5) is 24.7 Å². The summed E-state index contributed by atoms with van der Waals surface area (Å²) in [4.78, 5) is 15.9. The molecule has 6 nitrogen and oxygen atoms in total. The van der Waals surface area contributed by atoms with Gasteiger partial charge in [-0.25, -0.2) is 9.97 Å². The molecule has 1 N–H and O–H groups in total. The van der Waals surface area contributed by atoms with Crippen molar-refractivity contribution in [3.63, 3.8) is 0 Å². The van der Waals surface area contributed by atoms with Crippen LogP contribution in [0.5, 0.6) is 0 Å². The molecule has 9 heteroatoms. The summed E-state index contributed by atoms with van der Waals surface area (Å²) in [6.07, 6.45) is -3.18. The van der Waals surface area contributed by atoms with E-state index in [-0.39, 0.29) is 17.7 Å². The van der Waals surface area contributed by atoms with Crippen LogP contribution in [0.1, 0.15) is 41.9 Å². The number of anilines is 2. The zero-order chi connectivity index (χ0) is 30.2. The number of halogens is 3. The molecule has 0 fully saturated rings. The highest BCUT2D eigenvalue weighted by molar-refractivity contribution is 5.93. The SMILES string of the molecule is CN1Cc2cc(Nc3nc(COCc4ccccc4)nc4cc(-c5ncccc5C(F)(F)F)ccc34)ccc2C(C)(C)C1. The van der Waals surface area contributed by atoms with Crippen LogP contribution in [0.25, 0.3) is 22.2 Å². The van der Waals surface area contributed by atoms with Gasteiger partial charge < -0.3 is 15.0 Å². The molecule has 43 heavy (non-hydrogen) atoms. The normalized spacial score (nSPS) is 14.9. The summed E-state index contributed by atoms with van der Waals surface area (Å²) in [7, 11) is 2.12. The molecule has 0 amide bonds. The van der Waals surface area contributed by atoms with Gasteiger partial charge in [0.05, 0.1) is 23.4 Å². The Morgan fingerprint density at radius 2 is 1.74 bits per heavy atom. The third-order valence-corrected chi connectivity index (χ3v) is 7.68. The predicted octanol–water partition coefficient (Wildman–Crippen LogP) is 7.89. The maximum absolute atomic E-state index is 13.8. The Bertz CT molecular complexity index is 1770. The summed E-state index contributed by atoms with van der Waals surface area (Å²) in [6, 6.07) is 23.5. The van der Waals surface area contributed by atoms with E-state index in [4.69, 9.17) is 14.7 Å². The summed E-state index contributed by atoms with van der Waals surface area (Å²) < 4.78 is 47.3. The summed E-state index contributed by atoms with van der Waals surface area (Å²) in [5, 5.41) is 4.14. The first-order chi connectivity index (χ1) is 20.6. The number of aromatic nitrogens is 3.